The van der Waals surface area contributed by atoms with Gasteiger partial charge in [0, 0.05) is 29.7 Å². The first-order valence-corrected chi connectivity index (χ1v) is 14.0. The van der Waals surface area contributed by atoms with E-state index in [2.05, 4.69) is 58.7 Å². The highest BCUT2D eigenvalue weighted by molar-refractivity contribution is 6.07. The molecule has 0 unspecified atom stereocenters. The number of rotatable bonds is 11. The largest absolute Gasteiger partial charge is 0.493 e. The van der Waals surface area contributed by atoms with Crippen molar-refractivity contribution in [1.82, 2.24) is 10.4 Å². The third-order valence-corrected chi connectivity index (χ3v) is 7.16. The maximum atomic E-state index is 13.4. The van der Waals surface area contributed by atoms with Gasteiger partial charge in [-0.15, -0.1) is 0 Å². The average Bonchev–Trinajstić information content (AvgIpc) is 3.06. The maximum Gasteiger partial charge on any atom is 0.272 e. The van der Waals surface area contributed by atoms with Crippen molar-refractivity contribution < 1.29 is 19.0 Å². The zero-order chi connectivity index (χ0) is 30.2. The minimum Gasteiger partial charge on any atom is -0.493 e. The second-order valence-electron chi connectivity index (χ2n) is 9.78. The van der Waals surface area contributed by atoms with Crippen LogP contribution in [0.5, 0.6) is 17.2 Å². The second-order valence-corrected chi connectivity index (χ2v) is 9.78. The van der Waals surface area contributed by atoms with Crippen LogP contribution in [0, 0.1) is 0 Å². The molecule has 0 aliphatic rings. The Kier molecular flexibility index (Phi) is 9.17. The first-order chi connectivity index (χ1) is 21.0. The number of nitrogens with one attached hydrogen (secondary N) is 1. The molecular weight excluding hydrogens is 540 g/mol. The van der Waals surface area contributed by atoms with Gasteiger partial charge in [0.15, 0.2) is 11.5 Å². The summed E-state index contributed by atoms with van der Waals surface area (Å²) in [7, 11) is 4.67. The van der Waals surface area contributed by atoms with E-state index in [9.17, 15) is 4.79 Å². The SMILES string of the molecule is CCN(Cc1ccccc1)c1ccc(/C=N\NC(=O)c2cc(-c3cc(OC)c(OC)c(OC)c3)nc3ccccc23)cc1. The number of para-hydroxylation sites is 1. The van der Waals surface area contributed by atoms with E-state index in [1.807, 2.05) is 54.6 Å². The fraction of sp³-hybridized carbons (Fsp3) is 0.171. The number of methoxy groups -OCH3 is 3. The molecule has 8 nitrogen and oxygen atoms in total. The molecule has 43 heavy (non-hydrogen) atoms. The van der Waals surface area contributed by atoms with Gasteiger partial charge in [-0.2, -0.15) is 5.10 Å². The first-order valence-electron chi connectivity index (χ1n) is 14.0. The van der Waals surface area contributed by atoms with Crippen molar-refractivity contribution in [3.8, 4) is 28.5 Å². The molecule has 5 aromatic rings. The highest BCUT2D eigenvalue weighted by atomic mass is 16.5. The standard InChI is InChI=1S/C35H34N4O4/c1-5-39(23-25-11-7-6-8-12-25)27-17-15-24(16-18-27)22-36-38-35(40)29-21-31(37-30-14-10-9-13-28(29)30)26-19-32(41-2)34(43-4)33(20-26)42-3/h6-22H,5,23H2,1-4H3,(H,38,40)/b36-22-. The Hall–Kier alpha value is -5.37. The van der Waals surface area contributed by atoms with Gasteiger partial charge in [-0.3, -0.25) is 4.79 Å². The van der Waals surface area contributed by atoms with Gasteiger partial charge in [-0.05, 0) is 54.4 Å². The molecule has 1 N–H and O–H groups in total. The molecule has 0 saturated heterocycles. The van der Waals surface area contributed by atoms with Crippen molar-refractivity contribution in [3.05, 3.63) is 114 Å². The molecule has 0 radical (unpaired) electrons. The molecule has 8 heteroatoms. The number of hydrogen-bond acceptors (Lipinski definition) is 7. The number of benzene rings is 4. The molecule has 0 spiro atoms. The van der Waals surface area contributed by atoms with Crippen LogP contribution in [0.4, 0.5) is 5.69 Å². The van der Waals surface area contributed by atoms with E-state index >= 15 is 0 Å². The Bertz CT molecular complexity index is 1710. The summed E-state index contributed by atoms with van der Waals surface area (Å²) in [6, 6.07) is 31.4. The van der Waals surface area contributed by atoms with Crippen molar-refractivity contribution in [3.63, 3.8) is 0 Å². The lowest BCUT2D eigenvalue weighted by atomic mass is 10.0. The monoisotopic (exact) mass is 574 g/mol. The predicted molar refractivity (Wildman–Crippen MR) is 172 cm³/mol. The molecule has 0 aliphatic carbocycles. The lowest BCUT2D eigenvalue weighted by Gasteiger charge is -2.23. The van der Waals surface area contributed by atoms with Gasteiger partial charge in [0.2, 0.25) is 5.75 Å². The first kappa shape index (κ1) is 29.1. The fourth-order valence-electron chi connectivity index (χ4n) is 4.93. The number of amides is 1. The molecule has 1 heterocycles. The van der Waals surface area contributed by atoms with E-state index < -0.39 is 0 Å². The summed E-state index contributed by atoms with van der Waals surface area (Å²) in [5, 5.41) is 4.97. The van der Waals surface area contributed by atoms with E-state index in [1.165, 1.54) is 5.56 Å². The van der Waals surface area contributed by atoms with Crippen LogP contribution in [0.15, 0.2) is 102 Å². The summed E-state index contributed by atoms with van der Waals surface area (Å²) in [4.78, 5) is 20.5. The number of anilines is 1. The predicted octanol–water partition coefficient (Wildman–Crippen LogP) is 6.72. The number of hydrazone groups is 1. The zero-order valence-electron chi connectivity index (χ0n) is 24.7. The summed E-state index contributed by atoms with van der Waals surface area (Å²) >= 11 is 0. The van der Waals surface area contributed by atoms with Crippen LogP contribution in [0.1, 0.15) is 28.4 Å². The smallest absolute Gasteiger partial charge is 0.272 e. The van der Waals surface area contributed by atoms with Crippen molar-refractivity contribution >= 4 is 28.7 Å². The quantitative estimate of drug-likeness (QED) is 0.139. The second kappa shape index (κ2) is 13.5. The van der Waals surface area contributed by atoms with Crippen LogP contribution >= 0.6 is 0 Å². The Morgan fingerprint density at radius 2 is 1.53 bits per heavy atom. The van der Waals surface area contributed by atoms with Crippen LogP contribution in [-0.2, 0) is 6.54 Å². The average molecular weight is 575 g/mol. The molecule has 0 atom stereocenters. The lowest BCUT2D eigenvalue weighted by Crippen LogP contribution is -2.21. The molecule has 5 rings (SSSR count). The van der Waals surface area contributed by atoms with E-state index in [4.69, 9.17) is 19.2 Å². The molecule has 0 aliphatic heterocycles. The molecule has 1 aromatic heterocycles. The van der Waals surface area contributed by atoms with E-state index in [1.54, 1.807) is 33.6 Å². The van der Waals surface area contributed by atoms with Crippen molar-refractivity contribution in [1.29, 1.82) is 0 Å². The van der Waals surface area contributed by atoms with Gasteiger partial charge >= 0.3 is 0 Å². The summed E-state index contributed by atoms with van der Waals surface area (Å²) in [6.45, 7) is 3.86. The minimum atomic E-state index is -0.347. The van der Waals surface area contributed by atoms with Gasteiger partial charge < -0.3 is 19.1 Å². The number of aromatic nitrogens is 1. The third-order valence-electron chi connectivity index (χ3n) is 7.16. The molecule has 218 valence electrons. The maximum absolute atomic E-state index is 13.4. The number of carbonyl (C=O) groups is 1. The Balaban J connectivity index is 1.36. The molecular formula is C35H34N4O4. The summed E-state index contributed by atoms with van der Waals surface area (Å²) in [6.07, 6.45) is 1.64. The Morgan fingerprint density at radius 1 is 0.860 bits per heavy atom. The molecule has 0 bridgehead atoms. The Morgan fingerprint density at radius 3 is 2.19 bits per heavy atom. The summed E-state index contributed by atoms with van der Waals surface area (Å²) in [5.74, 6) is 1.12. The van der Waals surface area contributed by atoms with Crippen molar-refractivity contribution in [2.75, 3.05) is 32.8 Å². The highest BCUT2D eigenvalue weighted by Crippen LogP contribution is 2.41. The molecule has 1 amide bonds. The van der Waals surface area contributed by atoms with Crippen molar-refractivity contribution in [2.45, 2.75) is 13.5 Å². The van der Waals surface area contributed by atoms with Gasteiger partial charge in [-0.25, -0.2) is 10.4 Å². The topological polar surface area (TPSA) is 85.3 Å². The van der Waals surface area contributed by atoms with E-state index in [0.717, 1.165) is 24.3 Å². The highest BCUT2D eigenvalue weighted by Gasteiger charge is 2.18. The number of fused-ring (bicyclic) bond motifs is 1. The van der Waals surface area contributed by atoms with Crippen LogP contribution < -0.4 is 24.5 Å². The van der Waals surface area contributed by atoms with Crippen molar-refractivity contribution in [2.24, 2.45) is 5.10 Å². The number of hydrogen-bond donors (Lipinski definition) is 1. The van der Waals surface area contributed by atoms with E-state index in [-0.39, 0.29) is 5.91 Å². The lowest BCUT2D eigenvalue weighted by molar-refractivity contribution is 0.0956. The Labute approximate surface area is 251 Å². The minimum absolute atomic E-state index is 0.347. The van der Waals surface area contributed by atoms with Crippen LogP contribution in [-0.4, -0.2) is 45.0 Å². The third kappa shape index (κ3) is 6.59. The van der Waals surface area contributed by atoms with Gasteiger partial charge in [0.25, 0.3) is 5.91 Å². The van der Waals surface area contributed by atoms with Gasteiger partial charge in [0.1, 0.15) is 0 Å². The molecule has 4 aromatic carbocycles. The van der Waals surface area contributed by atoms with Gasteiger partial charge in [-0.1, -0.05) is 60.7 Å². The van der Waals surface area contributed by atoms with Crippen LogP contribution in [0.25, 0.3) is 22.2 Å². The molecule has 0 fully saturated rings. The number of carbonyl (C=O) groups excluding carboxylic acids is 1. The zero-order valence-corrected chi connectivity index (χ0v) is 24.7. The van der Waals surface area contributed by atoms with Crippen LogP contribution in [0.3, 0.4) is 0 Å². The number of pyridine rings is 1. The number of nitrogens with zero attached hydrogens (tertiary/aromatic N) is 3. The van der Waals surface area contributed by atoms with Gasteiger partial charge in [0.05, 0.1) is 44.3 Å². The van der Waals surface area contributed by atoms with E-state index in [0.29, 0.717) is 45.0 Å². The summed E-state index contributed by atoms with van der Waals surface area (Å²) in [5.41, 5.74) is 8.36. The number of ether oxygens (including phenoxy) is 3. The van der Waals surface area contributed by atoms with Crippen LogP contribution in [0.2, 0.25) is 0 Å². The fourth-order valence-corrected chi connectivity index (χ4v) is 4.93. The normalized spacial score (nSPS) is 11.0. The summed E-state index contributed by atoms with van der Waals surface area (Å²) < 4.78 is 16.5. The molecule has 0 saturated carbocycles.